The van der Waals surface area contributed by atoms with Crippen LogP contribution in [0, 0.1) is 0 Å². The molecule has 0 saturated heterocycles. The van der Waals surface area contributed by atoms with E-state index in [4.69, 9.17) is 29.2 Å². The first-order valence-electron chi connectivity index (χ1n) is 11.1. The van der Waals surface area contributed by atoms with Gasteiger partial charge in [0.1, 0.15) is 13.2 Å². The predicted molar refractivity (Wildman–Crippen MR) is 112 cm³/mol. The van der Waals surface area contributed by atoms with Crippen molar-refractivity contribution in [1.82, 2.24) is 0 Å². The Labute approximate surface area is 193 Å². The van der Waals surface area contributed by atoms with Gasteiger partial charge in [-0.25, -0.2) is 9.59 Å². The van der Waals surface area contributed by atoms with Crippen LogP contribution in [0.1, 0.15) is 57.8 Å². The minimum absolute atomic E-state index is 0.0877. The summed E-state index contributed by atoms with van der Waals surface area (Å²) >= 11 is 0. The van der Waals surface area contributed by atoms with E-state index in [1.807, 2.05) is 0 Å². The molecule has 0 bridgehead atoms. The second kappa shape index (κ2) is 22.6. The quantitative estimate of drug-likeness (QED) is 0.148. The molecule has 0 aromatic heterocycles. The van der Waals surface area contributed by atoms with Crippen molar-refractivity contribution in [3.8, 4) is 0 Å². The Balaban J connectivity index is 3.43. The van der Waals surface area contributed by atoms with Crippen LogP contribution >= 0.6 is 0 Å². The number of aliphatic hydroxyl groups is 2. The van der Waals surface area contributed by atoms with Gasteiger partial charge < -0.3 is 38.6 Å². The van der Waals surface area contributed by atoms with Gasteiger partial charge in [-0.2, -0.15) is 0 Å². The van der Waals surface area contributed by atoms with Crippen LogP contribution in [-0.4, -0.2) is 87.3 Å². The van der Waals surface area contributed by atoms with Crippen LogP contribution in [0.25, 0.3) is 0 Å². The van der Waals surface area contributed by atoms with Crippen molar-refractivity contribution >= 4 is 24.2 Å². The lowest BCUT2D eigenvalue weighted by Crippen LogP contribution is -2.12. The molecule has 192 valence electrons. The second-order valence-corrected chi connectivity index (χ2v) is 6.76. The average molecular weight is 481 g/mol. The van der Waals surface area contributed by atoms with Crippen molar-refractivity contribution in [3.63, 3.8) is 0 Å². The third-order valence-electron chi connectivity index (χ3n) is 3.93. The van der Waals surface area contributed by atoms with Crippen molar-refractivity contribution in [1.29, 1.82) is 0 Å². The molecule has 0 aliphatic carbocycles. The van der Waals surface area contributed by atoms with E-state index >= 15 is 0 Å². The molecule has 0 radical (unpaired) electrons. The lowest BCUT2D eigenvalue weighted by atomic mass is 10.2. The first-order chi connectivity index (χ1) is 16.0. The van der Waals surface area contributed by atoms with Gasteiger partial charge in [0, 0.05) is 12.8 Å². The largest absolute Gasteiger partial charge is 0.508 e. The molecule has 12 heteroatoms. The molecule has 0 aromatic carbocycles. The fourth-order valence-corrected chi connectivity index (χ4v) is 2.31. The number of unbranched alkanes of at least 4 members (excludes halogenated alkanes) is 4. The van der Waals surface area contributed by atoms with Crippen LogP contribution < -0.4 is 0 Å². The lowest BCUT2D eigenvalue weighted by Gasteiger charge is -2.07. The van der Waals surface area contributed by atoms with E-state index in [0.717, 1.165) is 12.8 Å². The Kier molecular flexibility index (Phi) is 20.8. The molecule has 2 N–H and O–H groups in total. The van der Waals surface area contributed by atoms with Gasteiger partial charge in [0.05, 0.1) is 39.6 Å². The van der Waals surface area contributed by atoms with Gasteiger partial charge in [0.15, 0.2) is 0 Å². The van der Waals surface area contributed by atoms with E-state index in [1.54, 1.807) is 0 Å². The summed E-state index contributed by atoms with van der Waals surface area (Å²) in [7, 11) is 0. The maximum Gasteiger partial charge on any atom is 0.508 e. The van der Waals surface area contributed by atoms with Gasteiger partial charge in [-0.15, -0.1) is 0 Å². The third-order valence-corrected chi connectivity index (χ3v) is 3.93. The highest BCUT2D eigenvalue weighted by Crippen LogP contribution is 2.04. The Morgan fingerprint density at radius 1 is 0.424 bits per heavy atom. The van der Waals surface area contributed by atoms with Gasteiger partial charge in [-0.3, -0.25) is 9.59 Å². The monoisotopic (exact) mass is 480 g/mol. The van der Waals surface area contributed by atoms with Crippen molar-refractivity contribution in [2.24, 2.45) is 0 Å². The van der Waals surface area contributed by atoms with Gasteiger partial charge in [0.2, 0.25) is 0 Å². The topological polar surface area (TPSA) is 164 Å². The van der Waals surface area contributed by atoms with E-state index in [9.17, 15) is 19.2 Å². The molecule has 0 fully saturated rings. The molecule has 0 heterocycles. The van der Waals surface area contributed by atoms with Crippen molar-refractivity contribution < 1.29 is 57.8 Å². The van der Waals surface area contributed by atoms with Crippen molar-refractivity contribution in [2.45, 2.75) is 57.8 Å². The van der Waals surface area contributed by atoms with Crippen molar-refractivity contribution in [3.05, 3.63) is 0 Å². The maximum absolute atomic E-state index is 11.6. The first-order valence-corrected chi connectivity index (χ1v) is 11.1. The standard InChI is InChI=1S/C21H36O12/c22-10-16-32-20(26)30-14-4-2-1-3-12-28-18(24)8-7-9-19(25)29-13-5-6-15-31-21(27)33-17-11-23/h22-23H,1-17H2. The van der Waals surface area contributed by atoms with Crippen LogP contribution in [0.4, 0.5) is 9.59 Å². The molecule has 33 heavy (non-hydrogen) atoms. The number of ether oxygens (including phenoxy) is 6. The maximum atomic E-state index is 11.6. The normalized spacial score (nSPS) is 10.2. The number of rotatable bonds is 20. The molecular weight excluding hydrogens is 444 g/mol. The summed E-state index contributed by atoms with van der Waals surface area (Å²) in [5.41, 5.74) is 0. The van der Waals surface area contributed by atoms with E-state index < -0.39 is 18.3 Å². The summed E-state index contributed by atoms with van der Waals surface area (Å²) < 4.78 is 28.7. The van der Waals surface area contributed by atoms with Gasteiger partial charge in [-0.05, 0) is 44.9 Å². The molecule has 0 aliphatic heterocycles. The van der Waals surface area contributed by atoms with Gasteiger partial charge in [-0.1, -0.05) is 0 Å². The van der Waals surface area contributed by atoms with Crippen molar-refractivity contribution in [2.75, 3.05) is 52.9 Å². The number of hydrogen-bond donors (Lipinski definition) is 2. The molecular formula is C21H36O12. The molecule has 0 aromatic rings. The molecule has 12 nitrogen and oxygen atoms in total. The average Bonchev–Trinajstić information content (AvgIpc) is 2.80. The van der Waals surface area contributed by atoms with Crippen LogP contribution in [0.2, 0.25) is 0 Å². The van der Waals surface area contributed by atoms with E-state index in [1.165, 1.54) is 0 Å². The van der Waals surface area contributed by atoms with Crippen LogP contribution in [0.3, 0.4) is 0 Å². The number of aliphatic hydroxyl groups excluding tert-OH is 2. The third kappa shape index (κ3) is 22.4. The Bertz CT molecular complexity index is 537. The summed E-state index contributed by atoms with van der Waals surface area (Å²) in [6.45, 7) is 0.114. The summed E-state index contributed by atoms with van der Waals surface area (Å²) in [6, 6.07) is 0. The Morgan fingerprint density at radius 2 is 0.758 bits per heavy atom. The molecule has 0 rings (SSSR count). The smallest absolute Gasteiger partial charge is 0.466 e. The fraction of sp³-hybridized carbons (Fsp3) is 0.810. The summed E-state index contributed by atoms with van der Waals surface area (Å²) in [5, 5.41) is 17.0. The Hall–Kier alpha value is -2.60. The molecule has 0 spiro atoms. The Morgan fingerprint density at radius 3 is 1.15 bits per heavy atom. The minimum Gasteiger partial charge on any atom is -0.466 e. The molecule has 0 amide bonds. The van der Waals surface area contributed by atoms with Crippen LogP contribution in [0.5, 0.6) is 0 Å². The first kappa shape index (κ1) is 30.4. The molecule has 0 saturated carbocycles. The highest BCUT2D eigenvalue weighted by Gasteiger charge is 2.08. The molecule has 0 aliphatic rings. The SMILES string of the molecule is O=C(CCCC(=O)OCCCCOC(=O)OCCO)OCCCCCCOC(=O)OCCO. The number of hydrogen-bond acceptors (Lipinski definition) is 12. The minimum atomic E-state index is -0.850. The van der Waals surface area contributed by atoms with Crippen LogP contribution in [0.15, 0.2) is 0 Å². The lowest BCUT2D eigenvalue weighted by molar-refractivity contribution is -0.145. The highest BCUT2D eigenvalue weighted by molar-refractivity contribution is 5.72. The number of esters is 2. The fourth-order valence-electron chi connectivity index (χ4n) is 2.31. The predicted octanol–water partition coefficient (Wildman–Crippen LogP) is 1.87. The second-order valence-electron chi connectivity index (χ2n) is 6.76. The highest BCUT2D eigenvalue weighted by atomic mass is 16.7. The van der Waals surface area contributed by atoms with E-state index in [-0.39, 0.29) is 71.7 Å². The number of carbonyl (C=O) groups is 4. The zero-order valence-electron chi connectivity index (χ0n) is 19.0. The van der Waals surface area contributed by atoms with E-state index in [2.05, 4.69) is 9.47 Å². The zero-order valence-corrected chi connectivity index (χ0v) is 19.0. The molecule has 0 atom stereocenters. The van der Waals surface area contributed by atoms with Gasteiger partial charge >= 0.3 is 24.2 Å². The summed E-state index contributed by atoms with van der Waals surface area (Å²) in [4.78, 5) is 45.3. The number of carbonyl (C=O) groups excluding carboxylic acids is 4. The molecule has 0 unspecified atom stereocenters. The zero-order chi connectivity index (χ0) is 24.6. The van der Waals surface area contributed by atoms with E-state index in [0.29, 0.717) is 32.1 Å². The van der Waals surface area contributed by atoms with Gasteiger partial charge in [0.25, 0.3) is 0 Å². The summed E-state index contributed by atoms with van der Waals surface area (Å²) in [5.74, 6) is -0.781. The van der Waals surface area contributed by atoms with Crippen LogP contribution in [-0.2, 0) is 38.0 Å². The summed E-state index contributed by atoms with van der Waals surface area (Å²) in [6.07, 6.45) is 2.89.